The van der Waals surface area contributed by atoms with E-state index in [0.29, 0.717) is 30.0 Å². The van der Waals surface area contributed by atoms with Gasteiger partial charge in [-0.2, -0.15) is 0 Å². The first-order valence-corrected chi connectivity index (χ1v) is 10.5. The van der Waals surface area contributed by atoms with Crippen molar-refractivity contribution >= 4 is 23.3 Å². The van der Waals surface area contributed by atoms with Gasteiger partial charge in [-0.1, -0.05) is 6.07 Å². The number of aromatic nitrogens is 3. The van der Waals surface area contributed by atoms with Crippen LogP contribution in [0.1, 0.15) is 34.2 Å². The number of anilines is 2. The number of carbonyl (C=O) groups is 2. The molecule has 3 aromatic rings. The van der Waals surface area contributed by atoms with Crippen LogP contribution < -0.4 is 10.2 Å². The number of nitrogens with one attached hydrogen (secondary N) is 1. The quantitative estimate of drug-likeness (QED) is 0.647. The fraction of sp³-hybridized carbons (Fsp3) is 0.292. The summed E-state index contributed by atoms with van der Waals surface area (Å²) in [6.07, 6.45) is 5.68. The topological polar surface area (TPSA) is 91.3 Å². The van der Waals surface area contributed by atoms with Crippen molar-refractivity contribution in [2.75, 3.05) is 23.8 Å². The highest BCUT2D eigenvalue weighted by Crippen LogP contribution is 2.30. The number of rotatable bonds is 6. The van der Waals surface area contributed by atoms with E-state index in [0.717, 1.165) is 17.0 Å². The van der Waals surface area contributed by atoms with Gasteiger partial charge in [-0.3, -0.25) is 19.6 Å². The smallest absolute Gasteiger partial charge is 0.255 e. The van der Waals surface area contributed by atoms with Crippen molar-refractivity contribution in [2.45, 2.75) is 32.9 Å². The molecule has 32 heavy (non-hydrogen) atoms. The number of likely N-dealkylation sites (N-methyl/N-ethyl adjacent to an activating group) is 1. The number of fused-ring (bicyclic) bond motifs is 1. The molecule has 0 bridgehead atoms. The van der Waals surface area contributed by atoms with Crippen LogP contribution in [0.5, 0.6) is 0 Å². The molecule has 0 saturated carbocycles. The average Bonchev–Trinajstić information content (AvgIpc) is 2.80. The van der Waals surface area contributed by atoms with Crippen LogP contribution in [0.15, 0.2) is 55.0 Å². The standard InChI is InChI=1S/C24H26N6O2/c1-16-7-9-26-20(10-16)11-17(2)29(3)24(32)18-12-21-23(27-13-18)28-14-22(31)30(21)15-19-6-4-5-8-25-19/h4-10,12-13,17H,11,14-15H2,1-3H3,(H,27,28). The molecule has 1 N–H and O–H groups in total. The van der Waals surface area contributed by atoms with Crippen molar-refractivity contribution in [3.8, 4) is 0 Å². The lowest BCUT2D eigenvalue weighted by Gasteiger charge is -2.30. The van der Waals surface area contributed by atoms with Gasteiger partial charge in [0.1, 0.15) is 0 Å². The molecule has 164 valence electrons. The summed E-state index contributed by atoms with van der Waals surface area (Å²) in [7, 11) is 1.78. The molecule has 8 nitrogen and oxygen atoms in total. The number of hydrogen-bond acceptors (Lipinski definition) is 6. The number of aryl methyl sites for hydroxylation is 1. The molecule has 0 aromatic carbocycles. The monoisotopic (exact) mass is 430 g/mol. The molecular weight excluding hydrogens is 404 g/mol. The fourth-order valence-electron chi connectivity index (χ4n) is 3.68. The van der Waals surface area contributed by atoms with Gasteiger partial charge in [0.25, 0.3) is 5.91 Å². The largest absolute Gasteiger partial charge is 0.359 e. The summed E-state index contributed by atoms with van der Waals surface area (Å²) in [6, 6.07) is 11.2. The maximum Gasteiger partial charge on any atom is 0.255 e. The van der Waals surface area contributed by atoms with E-state index in [4.69, 9.17) is 0 Å². The van der Waals surface area contributed by atoms with Crippen LogP contribution in [0, 0.1) is 6.92 Å². The zero-order valence-electron chi connectivity index (χ0n) is 18.4. The molecule has 4 heterocycles. The molecule has 2 amide bonds. The van der Waals surface area contributed by atoms with Crippen molar-refractivity contribution in [3.05, 3.63) is 77.5 Å². The average molecular weight is 431 g/mol. The van der Waals surface area contributed by atoms with Crippen molar-refractivity contribution in [1.82, 2.24) is 19.9 Å². The van der Waals surface area contributed by atoms with E-state index in [2.05, 4.69) is 20.3 Å². The molecule has 1 aliphatic rings. The van der Waals surface area contributed by atoms with Gasteiger partial charge in [0, 0.05) is 43.8 Å². The van der Waals surface area contributed by atoms with Crippen molar-refractivity contribution in [2.24, 2.45) is 0 Å². The molecule has 0 radical (unpaired) electrons. The van der Waals surface area contributed by atoms with Gasteiger partial charge in [0.15, 0.2) is 5.82 Å². The molecule has 1 unspecified atom stereocenters. The number of carbonyl (C=O) groups excluding carboxylic acids is 2. The minimum Gasteiger partial charge on any atom is -0.359 e. The van der Waals surface area contributed by atoms with Gasteiger partial charge in [-0.15, -0.1) is 0 Å². The van der Waals surface area contributed by atoms with Gasteiger partial charge >= 0.3 is 0 Å². The van der Waals surface area contributed by atoms with E-state index in [1.807, 2.05) is 44.2 Å². The van der Waals surface area contributed by atoms with Crippen LogP contribution in [-0.2, 0) is 17.8 Å². The maximum atomic E-state index is 13.2. The number of pyridine rings is 3. The lowest BCUT2D eigenvalue weighted by atomic mass is 10.1. The number of amides is 2. The Morgan fingerprint density at radius 2 is 1.97 bits per heavy atom. The van der Waals surface area contributed by atoms with E-state index in [-0.39, 0.29) is 24.4 Å². The van der Waals surface area contributed by atoms with Crippen LogP contribution in [0.25, 0.3) is 0 Å². The first kappa shape index (κ1) is 21.4. The van der Waals surface area contributed by atoms with E-state index in [1.165, 1.54) is 0 Å². The van der Waals surface area contributed by atoms with Crippen LogP contribution in [0.3, 0.4) is 0 Å². The summed E-state index contributed by atoms with van der Waals surface area (Å²) >= 11 is 0. The van der Waals surface area contributed by atoms with Crippen LogP contribution in [0.4, 0.5) is 11.5 Å². The Bertz CT molecular complexity index is 1130. The maximum absolute atomic E-state index is 13.2. The second-order valence-corrected chi connectivity index (χ2v) is 8.04. The Hall–Kier alpha value is -3.81. The second kappa shape index (κ2) is 9.13. The highest BCUT2D eigenvalue weighted by atomic mass is 16.2. The van der Waals surface area contributed by atoms with Gasteiger partial charge in [-0.25, -0.2) is 4.98 Å². The normalized spacial score (nSPS) is 13.8. The predicted molar refractivity (Wildman–Crippen MR) is 122 cm³/mol. The van der Waals surface area contributed by atoms with E-state index < -0.39 is 0 Å². The van der Waals surface area contributed by atoms with Crippen LogP contribution in [-0.4, -0.2) is 51.3 Å². The van der Waals surface area contributed by atoms with E-state index in [1.54, 1.807) is 41.5 Å². The van der Waals surface area contributed by atoms with Crippen molar-refractivity contribution in [3.63, 3.8) is 0 Å². The zero-order chi connectivity index (χ0) is 22.7. The molecule has 0 saturated heterocycles. The van der Waals surface area contributed by atoms with Crippen molar-refractivity contribution < 1.29 is 9.59 Å². The summed E-state index contributed by atoms with van der Waals surface area (Å²) in [5, 5.41) is 3.03. The molecule has 0 fully saturated rings. The minimum absolute atomic E-state index is 0.0581. The summed E-state index contributed by atoms with van der Waals surface area (Å²) < 4.78 is 0. The first-order chi connectivity index (χ1) is 15.4. The second-order valence-electron chi connectivity index (χ2n) is 8.04. The molecule has 8 heteroatoms. The SMILES string of the molecule is Cc1ccnc(CC(C)N(C)C(=O)c2cnc3c(c2)N(Cc2ccccn2)C(=O)CN3)c1. The lowest BCUT2D eigenvalue weighted by Crippen LogP contribution is -2.40. The third-order valence-corrected chi connectivity index (χ3v) is 5.62. The molecule has 3 aromatic heterocycles. The summed E-state index contributed by atoms with van der Waals surface area (Å²) in [6.45, 7) is 4.49. The van der Waals surface area contributed by atoms with Gasteiger partial charge in [0.2, 0.25) is 5.91 Å². The highest BCUT2D eigenvalue weighted by Gasteiger charge is 2.28. The number of nitrogens with zero attached hydrogens (tertiary/aromatic N) is 5. The fourth-order valence-corrected chi connectivity index (χ4v) is 3.68. The predicted octanol–water partition coefficient (Wildman–Crippen LogP) is 2.84. The number of hydrogen-bond donors (Lipinski definition) is 1. The zero-order valence-corrected chi connectivity index (χ0v) is 18.4. The molecule has 0 aliphatic carbocycles. The van der Waals surface area contributed by atoms with Gasteiger partial charge in [0.05, 0.1) is 30.0 Å². The van der Waals surface area contributed by atoms with Crippen LogP contribution in [0.2, 0.25) is 0 Å². The summed E-state index contributed by atoms with van der Waals surface area (Å²) in [5.74, 6) is 0.329. The Kier molecular flexibility index (Phi) is 6.11. The Morgan fingerprint density at radius 3 is 2.72 bits per heavy atom. The third kappa shape index (κ3) is 4.59. The Morgan fingerprint density at radius 1 is 1.16 bits per heavy atom. The summed E-state index contributed by atoms with van der Waals surface area (Å²) in [4.78, 5) is 42.3. The van der Waals surface area contributed by atoms with Gasteiger partial charge in [-0.05, 0) is 49.7 Å². The Balaban J connectivity index is 1.55. The molecule has 1 atom stereocenters. The van der Waals surface area contributed by atoms with E-state index in [9.17, 15) is 9.59 Å². The van der Waals surface area contributed by atoms with Gasteiger partial charge < -0.3 is 15.1 Å². The third-order valence-electron chi connectivity index (χ3n) is 5.62. The molecular formula is C24H26N6O2. The Labute approximate surface area is 187 Å². The minimum atomic E-state index is -0.156. The van der Waals surface area contributed by atoms with E-state index >= 15 is 0 Å². The lowest BCUT2D eigenvalue weighted by molar-refractivity contribution is -0.117. The molecule has 0 spiro atoms. The first-order valence-electron chi connectivity index (χ1n) is 10.5. The molecule has 1 aliphatic heterocycles. The summed E-state index contributed by atoms with van der Waals surface area (Å²) in [5.41, 5.74) is 3.86. The molecule has 4 rings (SSSR count). The highest BCUT2D eigenvalue weighted by molar-refractivity contribution is 6.04. The van der Waals surface area contributed by atoms with Crippen LogP contribution >= 0.6 is 0 Å². The van der Waals surface area contributed by atoms with Crippen molar-refractivity contribution in [1.29, 1.82) is 0 Å².